The van der Waals surface area contributed by atoms with E-state index in [9.17, 15) is 10.2 Å². The highest BCUT2D eigenvalue weighted by Gasteiger charge is 2.71. The molecule has 0 unspecified atom stereocenters. The van der Waals surface area contributed by atoms with Crippen molar-refractivity contribution in [2.24, 2.45) is 56.2 Å². The molecule has 0 spiro atoms. The van der Waals surface area contributed by atoms with Crippen LogP contribution in [0.25, 0.3) is 0 Å². The van der Waals surface area contributed by atoms with E-state index >= 15 is 0 Å². The summed E-state index contributed by atoms with van der Waals surface area (Å²) >= 11 is 0. The summed E-state index contributed by atoms with van der Waals surface area (Å²) in [6, 6.07) is 0. The van der Waals surface area contributed by atoms with Crippen LogP contribution in [0.15, 0.2) is 0 Å². The zero-order valence-corrected chi connectivity index (χ0v) is 22.3. The second kappa shape index (κ2) is 6.99. The number of hydrogen-bond donors (Lipinski definition) is 2. The molecule has 0 aromatic rings. The Hall–Kier alpha value is -0.0800. The lowest BCUT2D eigenvalue weighted by Crippen LogP contribution is -2.68. The van der Waals surface area contributed by atoms with Gasteiger partial charge in [0.1, 0.15) is 0 Å². The maximum absolute atomic E-state index is 10.8. The quantitative estimate of drug-likeness (QED) is 0.448. The Morgan fingerprint density at radius 2 is 1.28 bits per heavy atom. The lowest BCUT2D eigenvalue weighted by Gasteiger charge is -2.75. The predicted octanol–water partition coefficient (Wildman–Crippen LogP) is 7.22. The molecule has 5 fully saturated rings. The SMILES string of the molecule is C[C@H]1[C@@H](O)CC[C@@H]2[C@]1(C)CC[C@H]1[C@@]2(C)CC[C@@]2(C)[C@@H]3CC(C)(C)CC[C@]3(CO)CC[C@]12C. The maximum Gasteiger partial charge on any atom is 0.0571 e. The first-order valence-electron chi connectivity index (χ1n) is 14.1. The van der Waals surface area contributed by atoms with E-state index < -0.39 is 0 Å². The molecule has 32 heavy (non-hydrogen) atoms. The van der Waals surface area contributed by atoms with Gasteiger partial charge in [-0.1, -0.05) is 48.5 Å². The first-order valence-corrected chi connectivity index (χ1v) is 14.1. The highest BCUT2D eigenvalue weighted by Crippen LogP contribution is 2.78. The Morgan fingerprint density at radius 1 is 0.656 bits per heavy atom. The Labute approximate surface area is 198 Å². The van der Waals surface area contributed by atoms with E-state index in [1.807, 2.05) is 0 Å². The molecule has 0 saturated heterocycles. The second-order valence-electron chi connectivity index (χ2n) is 15.4. The largest absolute Gasteiger partial charge is 0.396 e. The van der Waals surface area contributed by atoms with Crippen LogP contribution in [-0.2, 0) is 0 Å². The molecule has 5 saturated carbocycles. The molecule has 2 N–H and O–H groups in total. The number of hydrogen-bond acceptors (Lipinski definition) is 2. The van der Waals surface area contributed by atoms with Crippen molar-refractivity contribution in [2.75, 3.05) is 6.61 Å². The van der Waals surface area contributed by atoms with Gasteiger partial charge in [-0.05, 0) is 127 Å². The molecule has 0 amide bonds. The molecule has 5 rings (SSSR count). The van der Waals surface area contributed by atoms with Crippen LogP contribution in [0.1, 0.15) is 119 Å². The third kappa shape index (κ3) is 2.78. The van der Waals surface area contributed by atoms with Crippen molar-refractivity contribution in [3.63, 3.8) is 0 Å². The van der Waals surface area contributed by atoms with Crippen LogP contribution in [0.4, 0.5) is 0 Å². The first kappa shape index (κ1) is 23.7. The smallest absolute Gasteiger partial charge is 0.0571 e. The average Bonchev–Trinajstić information content (AvgIpc) is 2.73. The zero-order chi connectivity index (χ0) is 23.4. The van der Waals surface area contributed by atoms with Gasteiger partial charge < -0.3 is 10.2 Å². The van der Waals surface area contributed by atoms with E-state index in [0.29, 0.717) is 45.5 Å². The van der Waals surface area contributed by atoms with Crippen LogP contribution in [-0.4, -0.2) is 22.9 Å². The highest BCUT2D eigenvalue weighted by molar-refractivity contribution is 5.20. The molecule has 2 heteroatoms. The van der Waals surface area contributed by atoms with Gasteiger partial charge in [0, 0.05) is 6.61 Å². The van der Waals surface area contributed by atoms with Crippen molar-refractivity contribution in [2.45, 2.75) is 125 Å². The Bertz CT molecular complexity index is 760. The maximum atomic E-state index is 10.8. The van der Waals surface area contributed by atoms with Gasteiger partial charge in [0.15, 0.2) is 0 Å². The van der Waals surface area contributed by atoms with Crippen molar-refractivity contribution in [3.8, 4) is 0 Å². The fraction of sp³-hybridized carbons (Fsp3) is 1.00. The van der Waals surface area contributed by atoms with E-state index in [1.165, 1.54) is 64.2 Å². The van der Waals surface area contributed by atoms with Crippen molar-refractivity contribution >= 4 is 0 Å². The first-order chi connectivity index (χ1) is 14.8. The molecule has 0 bridgehead atoms. The highest BCUT2D eigenvalue weighted by atomic mass is 16.3. The minimum atomic E-state index is -0.106. The molecule has 0 aromatic carbocycles. The standard InChI is InChI=1S/C30H52O2/c1-20-21(32)8-9-22-26(20,4)11-10-23-27(22,5)13-14-29(7)24-18-25(2,3)12-16-30(24,19-31)17-15-28(23,29)6/h20-24,31-32H,8-19H2,1-7H3/t20-,21-,22+,23-,24-,26+,27-,28+,29-,30+/m0/s1. The summed E-state index contributed by atoms with van der Waals surface area (Å²) in [5, 5.41) is 21.5. The summed E-state index contributed by atoms with van der Waals surface area (Å²) in [5.41, 5.74) is 1.98. The molecule has 10 atom stereocenters. The molecule has 0 heterocycles. The van der Waals surface area contributed by atoms with Crippen LogP contribution in [0.2, 0.25) is 0 Å². The number of aliphatic hydroxyl groups excluding tert-OH is 2. The predicted molar refractivity (Wildman–Crippen MR) is 132 cm³/mol. The van der Waals surface area contributed by atoms with Gasteiger partial charge in [0.05, 0.1) is 6.10 Å². The van der Waals surface area contributed by atoms with Crippen molar-refractivity contribution in [3.05, 3.63) is 0 Å². The molecule has 0 aromatic heterocycles. The molecule has 5 aliphatic carbocycles. The van der Waals surface area contributed by atoms with Crippen molar-refractivity contribution in [1.29, 1.82) is 0 Å². The second-order valence-corrected chi connectivity index (χ2v) is 15.4. The van der Waals surface area contributed by atoms with E-state index in [1.54, 1.807) is 0 Å². The summed E-state index contributed by atoms with van der Waals surface area (Å²) in [5.74, 6) is 2.62. The summed E-state index contributed by atoms with van der Waals surface area (Å²) in [6.07, 6.45) is 13.8. The van der Waals surface area contributed by atoms with Crippen molar-refractivity contribution in [1.82, 2.24) is 0 Å². The minimum absolute atomic E-state index is 0.106. The van der Waals surface area contributed by atoms with Gasteiger partial charge >= 0.3 is 0 Å². The van der Waals surface area contributed by atoms with E-state index in [0.717, 1.165) is 18.3 Å². The summed E-state index contributed by atoms with van der Waals surface area (Å²) in [4.78, 5) is 0. The van der Waals surface area contributed by atoms with E-state index in [-0.39, 0.29) is 11.5 Å². The summed E-state index contributed by atoms with van der Waals surface area (Å²) in [7, 11) is 0. The van der Waals surface area contributed by atoms with Gasteiger partial charge in [-0.25, -0.2) is 0 Å². The topological polar surface area (TPSA) is 40.5 Å². The van der Waals surface area contributed by atoms with Crippen LogP contribution in [0.5, 0.6) is 0 Å². The van der Waals surface area contributed by atoms with E-state index in [2.05, 4.69) is 48.5 Å². The average molecular weight is 445 g/mol. The van der Waals surface area contributed by atoms with Gasteiger partial charge in [-0.15, -0.1) is 0 Å². The molecule has 184 valence electrons. The lowest BCUT2D eigenvalue weighted by atomic mass is 9.30. The van der Waals surface area contributed by atoms with Gasteiger partial charge in [-0.2, -0.15) is 0 Å². The third-order valence-electron chi connectivity index (χ3n) is 14.0. The molecule has 5 aliphatic rings. The summed E-state index contributed by atoms with van der Waals surface area (Å²) in [6.45, 7) is 18.3. The monoisotopic (exact) mass is 444 g/mol. The number of aliphatic hydroxyl groups is 2. The van der Waals surface area contributed by atoms with Crippen LogP contribution in [0, 0.1) is 56.2 Å². The van der Waals surface area contributed by atoms with Gasteiger partial charge in [0.2, 0.25) is 0 Å². The Kier molecular flexibility index (Phi) is 5.17. The van der Waals surface area contributed by atoms with Gasteiger partial charge in [-0.3, -0.25) is 0 Å². The molecule has 0 radical (unpaired) electrons. The zero-order valence-electron chi connectivity index (χ0n) is 22.3. The molecule has 0 aliphatic heterocycles. The fourth-order valence-corrected chi connectivity index (χ4v) is 11.4. The number of rotatable bonds is 1. The third-order valence-corrected chi connectivity index (χ3v) is 14.0. The molecular weight excluding hydrogens is 392 g/mol. The van der Waals surface area contributed by atoms with E-state index in [4.69, 9.17) is 0 Å². The lowest BCUT2D eigenvalue weighted by molar-refractivity contribution is -0.269. The Morgan fingerprint density at radius 3 is 1.97 bits per heavy atom. The van der Waals surface area contributed by atoms with Crippen LogP contribution < -0.4 is 0 Å². The summed E-state index contributed by atoms with van der Waals surface area (Å²) < 4.78 is 0. The normalized spacial score (nSPS) is 59.3. The van der Waals surface area contributed by atoms with Crippen molar-refractivity contribution < 1.29 is 10.2 Å². The molecule has 2 nitrogen and oxygen atoms in total. The fourth-order valence-electron chi connectivity index (χ4n) is 11.4. The van der Waals surface area contributed by atoms with Crippen LogP contribution in [0.3, 0.4) is 0 Å². The minimum Gasteiger partial charge on any atom is -0.396 e. The van der Waals surface area contributed by atoms with Gasteiger partial charge in [0.25, 0.3) is 0 Å². The Balaban J connectivity index is 1.55. The van der Waals surface area contributed by atoms with Crippen LogP contribution >= 0.6 is 0 Å². The molecular formula is C30H52O2. The number of fused-ring (bicyclic) bond motifs is 7.